The van der Waals surface area contributed by atoms with E-state index in [9.17, 15) is 0 Å². The lowest BCUT2D eigenvalue weighted by Gasteiger charge is -2.02. The highest BCUT2D eigenvalue weighted by Crippen LogP contribution is 2.06. The summed E-state index contributed by atoms with van der Waals surface area (Å²) in [4.78, 5) is 4.34. The van der Waals surface area contributed by atoms with Crippen LogP contribution >= 0.6 is 0 Å². The zero-order valence-corrected chi connectivity index (χ0v) is 10.6. The van der Waals surface area contributed by atoms with E-state index in [0.717, 1.165) is 24.4 Å². The van der Waals surface area contributed by atoms with Gasteiger partial charge in [0, 0.05) is 25.7 Å². The van der Waals surface area contributed by atoms with Gasteiger partial charge < -0.3 is 10.3 Å². The number of imidazole rings is 1. The SMILES string of the molecule is Cc1cc(Cn2cnc(CC(C)N)c2)n(C)n1. The molecular weight excluding hydrogens is 214 g/mol. The summed E-state index contributed by atoms with van der Waals surface area (Å²) in [6, 6.07) is 2.24. The summed E-state index contributed by atoms with van der Waals surface area (Å²) in [5, 5.41) is 4.33. The fourth-order valence-corrected chi connectivity index (χ4v) is 1.93. The van der Waals surface area contributed by atoms with Crippen LogP contribution in [0.15, 0.2) is 18.6 Å². The molecule has 2 aromatic rings. The second-order valence-corrected chi connectivity index (χ2v) is 4.62. The molecule has 2 heterocycles. The van der Waals surface area contributed by atoms with Gasteiger partial charge in [0.15, 0.2) is 0 Å². The van der Waals surface area contributed by atoms with Crippen LogP contribution in [0.2, 0.25) is 0 Å². The van der Waals surface area contributed by atoms with Gasteiger partial charge in [-0.15, -0.1) is 0 Å². The van der Waals surface area contributed by atoms with Gasteiger partial charge in [-0.25, -0.2) is 4.98 Å². The van der Waals surface area contributed by atoms with E-state index < -0.39 is 0 Å². The molecule has 1 atom stereocenters. The van der Waals surface area contributed by atoms with E-state index in [1.54, 1.807) is 0 Å². The van der Waals surface area contributed by atoms with Gasteiger partial charge in [-0.05, 0) is 19.9 Å². The van der Waals surface area contributed by atoms with Gasteiger partial charge in [-0.2, -0.15) is 5.10 Å². The Bertz CT molecular complexity index is 495. The van der Waals surface area contributed by atoms with Crippen LogP contribution in [0, 0.1) is 6.92 Å². The zero-order valence-electron chi connectivity index (χ0n) is 10.6. The van der Waals surface area contributed by atoms with E-state index in [2.05, 4.69) is 20.7 Å². The molecule has 92 valence electrons. The number of nitrogens with two attached hydrogens (primary N) is 1. The van der Waals surface area contributed by atoms with Gasteiger partial charge in [0.1, 0.15) is 0 Å². The van der Waals surface area contributed by atoms with Crippen molar-refractivity contribution in [3.8, 4) is 0 Å². The molecule has 1 unspecified atom stereocenters. The second-order valence-electron chi connectivity index (χ2n) is 4.62. The molecule has 0 aliphatic heterocycles. The van der Waals surface area contributed by atoms with E-state index in [-0.39, 0.29) is 6.04 Å². The molecule has 0 spiro atoms. The number of hydrogen-bond donors (Lipinski definition) is 1. The van der Waals surface area contributed by atoms with Crippen LogP contribution in [0.5, 0.6) is 0 Å². The highest BCUT2D eigenvalue weighted by Gasteiger charge is 2.05. The summed E-state index contributed by atoms with van der Waals surface area (Å²) >= 11 is 0. The molecule has 2 aromatic heterocycles. The van der Waals surface area contributed by atoms with Crippen molar-refractivity contribution in [1.29, 1.82) is 0 Å². The van der Waals surface area contributed by atoms with Crippen molar-refractivity contribution >= 4 is 0 Å². The topological polar surface area (TPSA) is 61.7 Å². The lowest BCUT2D eigenvalue weighted by atomic mass is 10.2. The number of rotatable bonds is 4. The Balaban J connectivity index is 2.08. The van der Waals surface area contributed by atoms with Gasteiger partial charge >= 0.3 is 0 Å². The molecule has 0 saturated heterocycles. The zero-order chi connectivity index (χ0) is 12.4. The predicted octanol–water partition coefficient (Wildman–Crippen LogP) is 0.863. The normalized spacial score (nSPS) is 12.9. The molecule has 0 saturated carbocycles. The van der Waals surface area contributed by atoms with Crippen LogP contribution in [-0.2, 0) is 20.0 Å². The molecule has 0 amide bonds. The molecule has 5 nitrogen and oxygen atoms in total. The molecule has 0 aromatic carbocycles. The molecule has 0 fully saturated rings. The third-order valence-corrected chi connectivity index (χ3v) is 2.66. The Hall–Kier alpha value is -1.62. The molecule has 0 bridgehead atoms. The summed E-state index contributed by atoms with van der Waals surface area (Å²) in [7, 11) is 1.96. The first kappa shape index (κ1) is 11.9. The molecule has 0 radical (unpaired) electrons. The van der Waals surface area contributed by atoms with Crippen LogP contribution in [0.3, 0.4) is 0 Å². The van der Waals surface area contributed by atoms with Crippen molar-refractivity contribution < 1.29 is 0 Å². The Labute approximate surface area is 101 Å². The minimum atomic E-state index is 0.150. The predicted molar refractivity (Wildman–Crippen MR) is 66.6 cm³/mol. The van der Waals surface area contributed by atoms with Crippen molar-refractivity contribution in [2.24, 2.45) is 12.8 Å². The molecule has 0 aliphatic carbocycles. The smallest absolute Gasteiger partial charge is 0.0953 e. The first-order valence-electron chi connectivity index (χ1n) is 5.80. The lowest BCUT2D eigenvalue weighted by molar-refractivity contribution is 0.662. The van der Waals surface area contributed by atoms with E-state index in [0.29, 0.717) is 0 Å². The maximum atomic E-state index is 5.75. The van der Waals surface area contributed by atoms with E-state index >= 15 is 0 Å². The number of nitrogens with zero attached hydrogens (tertiary/aromatic N) is 4. The molecule has 0 aliphatic rings. The fourth-order valence-electron chi connectivity index (χ4n) is 1.93. The van der Waals surface area contributed by atoms with Gasteiger partial charge in [-0.1, -0.05) is 0 Å². The fraction of sp³-hybridized carbons (Fsp3) is 0.500. The monoisotopic (exact) mass is 233 g/mol. The third-order valence-electron chi connectivity index (χ3n) is 2.66. The Morgan fingerprint density at radius 2 is 2.24 bits per heavy atom. The van der Waals surface area contributed by atoms with E-state index in [4.69, 9.17) is 5.73 Å². The molecular formula is C12H19N5. The van der Waals surface area contributed by atoms with Crippen LogP contribution in [0.4, 0.5) is 0 Å². The van der Waals surface area contributed by atoms with Crippen LogP contribution < -0.4 is 5.73 Å². The van der Waals surface area contributed by atoms with Gasteiger partial charge in [0.25, 0.3) is 0 Å². The van der Waals surface area contributed by atoms with Crippen molar-refractivity contribution in [3.05, 3.63) is 35.7 Å². The maximum Gasteiger partial charge on any atom is 0.0953 e. The minimum Gasteiger partial charge on any atom is -0.331 e. The summed E-state index contributed by atoms with van der Waals surface area (Å²) in [6.07, 6.45) is 4.71. The van der Waals surface area contributed by atoms with E-state index in [1.165, 1.54) is 5.69 Å². The Morgan fingerprint density at radius 3 is 2.82 bits per heavy atom. The van der Waals surface area contributed by atoms with Crippen molar-refractivity contribution in [2.75, 3.05) is 0 Å². The van der Waals surface area contributed by atoms with E-state index in [1.807, 2.05) is 38.1 Å². The average molecular weight is 233 g/mol. The van der Waals surface area contributed by atoms with Gasteiger partial charge in [-0.3, -0.25) is 4.68 Å². The van der Waals surface area contributed by atoms with Gasteiger partial charge in [0.2, 0.25) is 0 Å². The second kappa shape index (κ2) is 4.71. The lowest BCUT2D eigenvalue weighted by Crippen LogP contribution is -2.17. The molecule has 2 N–H and O–H groups in total. The minimum absolute atomic E-state index is 0.150. The van der Waals surface area contributed by atoms with Gasteiger partial charge in [0.05, 0.1) is 30.0 Å². The number of hydrogen-bond acceptors (Lipinski definition) is 3. The van der Waals surface area contributed by atoms with Crippen molar-refractivity contribution in [3.63, 3.8) is 0 Å². The standard InChI is InChI=1S/C12H19N5/c1-9(13)4-11-6-17(8-14-11)7-12-5-10(2)15-16(12)3/h5-6,8-9H,4,7,13H2,1-3H3. The summed E-state index contributed by atoms with van der Waals surface area (Å²) in [5.41, 5.74) is 9.00. The summed E-state index contributed by atoms with van der Waals surface area (Å²) in [6.45, 7) is 4.78. The van der Waals surface area contributed by atoms with Crippen molar-refractivity contribution in [2.45, 2.75) is 32.9 Å². The number of aromatic nitrogens is 4. The van der Waals surface area contributed by atoms with Crippen LogP contribution in [0.25, 0.3) is 0 Å². The summed E-state index contributed by atoms with van der Waals surface area (Å²) < 4.78 is 3.97. The first-order valence-corrected chi connectivity index (χ1v) is 5.80. The highest BCUT2D eigenvalue weighted by atomic mass is 15.3. The molecule has 2 rings (SSSR count). The quantitative estimate of drug-likeness (QED) is 0.852. The first-order chi connectivity index (χ1) is 8.04. The Kier molecular flexibility index (Phi) is 3.28. The highest BCUT2D eigenvalue weighted by molar-refractivity contribution is 5.10. The van der Waals surface area contributed by atoms with Crippen LogP contribution in [0.1, 0.15) is 24.0 Å². The molecule has 5 heteroatoms. The largest absolute Gasteiger partial charge is 0.331 e. The Morgan fingerprint density at radius 1 is 1.47 bits per heavy atom. The third kappa shape index (κ3) is 2.94. The molecule has 17 heavy (non-hydrogen) atoms. The maximum absolute atomic E-state index is 5.75. The summed E-state index contributed by atoms with van der Waals surface area (Å²) in [5.74, 6) is 0. The average Bonchev–Trinajstić information content (AvgIpc) is 2.74. The van der Waals surface area contributed by atoms with Crippen molar-refractivity contribution in [1.82, 2.24) is 19.3 Å². The number of aryl methyl sites for hydroxylation is 2. The van der Waals surface area contributed by atoms with Crippen LogP contribution in [-0.4, -0.2) is 25.4 Å².